The van der Waals surface area contributed by atoms with Crippen LogP contribution >= 0.6 is 11.6 Å². The molecule has 0 spiro atoms. The van der Waals surface area contributed by atoms with E-state index in [1.165, 1.54) is 12.1 Å². The van der Waals surface area contributed by atoms with Gasteiger partial charge in [-0.2, -0.15) is 5.26 Å². The number of rotatable bonds is 2. The predicted molar refractivity (Wildman–Crippen MR) is 76.7 cm³/mol. The van der Waals surface area contributed by atoms with Gasteiger partial charge in [0.1, 0.15) is 11.9 Å². The van der Waals surface area contributed by atoms with Crippen LogP contribution < -0.4 is 0 Å². The lowest BCUT2D eigenvalue weighted by molar-refractivity contribution is 0.00753. The summed E-state index contributed by atoms with van der Waals surface area (Å²) in [5.74, 6) is -0.551. The Labute approximate surface area is 124 Å². The first-order valence-electron chi connectivity index (χ1n) is 6.84. The average molecular weight is 296 g/mol. The van der Waals surface area contributed by atoms with Gasteiger partial charge >= 0.3 is 0 Å². The van der Waals surface area contributed by atoms with Crippen molar-refractivity contribution >= 4 is 11.6 Å². The van der Waals surface area contributed by atoms with Gasteiger partial charge in [-0.25, -0.2) is 4.39 Å². The summed E-state index contributed by atoms with van der Waals surface area (Å²) in [4.78, 5) is 0. The molecular formula is C16H19ClFNO. The van der Waals surface area contributed by atoms with Gasteiger partial charge in [0, 0.05) is 10.6 Å². The van der Waals surface area contributed by atoms with Crippen molar-refractivity contribution in [2.75, 3.05) is 0 Å². The SMILES string of the molecule is CC1(C)CCC(C#N)(C(O)c2ccc(Cl)cc2F)CC1. The molecule has 108 valence electrons. The van der Waals surface area contributed by atoms with Gasteiger partial charge in [-0.15, -0.1) is 0 Å². The summed E-state index contributed by atoms with van der Waals surface area (Å²) < 4.78 is 14.0. The lowest BCUT2D eigenvalue weighted by Gasteiger charge is -2.42. The maximum Gasteiger partial charge on any atom is 0.130 e. The number of aliphatic hydroxyl groups excluding tert-OH is 1. The van der Waals surface area contributed by atoms with Gasteiger partial charge in [0.2, 0.25) is 0 Å². The lowest BCUT2D eigenvalue weighted by atomic mass is 9.62. The van der Waals surface area contributed by atoms with Crippen LogP contribution in [0.2, 0.25) is 5.02 Å². The van der Waals surface area contributed by atoms with Crippen LogP contribution in [-0.4, -0.2) is 5.11 Å². The minimum absolute atomic E-state index is 0.163. The molecule has 1 aliphatic carbocycles. The molecule has 1 aromatic carbocycles. The maximum absolute atomic E-state index is 14.0. The molecule has 1 fully saturated rings. The molecule has 4 heteroatoms. The van der Waals surface area contributed by atoms with Gasteiger partial charge in [-0.1, -0.05) is 31.5 Å². The van der Waals surface area contributed by atoms with Crippen molar-refractivity contribution in [3.8, 4) is 6.07 Å². The van der Waals surface area contributed by atoms with E-state index in [1.54, 1.807) is 6.07 Å². The van der Waals surface area contributed by atoms with E-state index >= 15 is 0 Å². The van der Waals surface area contributed by atoms with Crippen molar-refractivity contribution in [2.24, 2.45) is 10.8 Å². The Hall–Kier alpha value is -1.11. The van der Waals surface area contributed by atoms with Crippen molar-refractivity contribution in [2.45, 2.75) is 45.6 Å². The second-order valence-corrected chi connectivity index (χ2v) is 6.94. The Balaban J connectivity index is 2.31. The van der Waals surface area contributed by atoms with Crippen LogP contribution in [0.4, 0.5) is 4.39 Å². The molecule has 0 bridgehead atoms. The number of nitriles is 1. The second kappa shape index (κ2) is 5.35. The molecule has 0 amide bonds. The van der Waals surface area contributed by atoms with Gasteiger partial charge in [0.25, 0.3) is 0 Å². The first kappa shape index (κ1) is 15.3. The highest BCUT2D eigenvalue weighted by Crippen LogP contribution is 2.51. The number of halogens is 2. The zero-order valence-corrected chi connectivity index (χ0v) is 12.5. The maximum atomic E-state index is 14.0. The topological polar surface area (TPSA) is 44.0 Å². The Morgan fingerprint density at radius 3 is 2.40 bits per heavy atom. The fraction of sp³-hybridized carbons (Fsp3) is 0.562. The summed E-state index contributed by atoms with van der Waals surface area (Å²) in [6.07, 6.45) is 1.76. The predicted octanol–water partition coefficient (Wildman–Crippen LogP) is 4.62. The van der Waals surface area contributed by atoms with Gasteiger partial charge in [-0.05, 0) is 43.2 Å². The molecule has 20 heavy (non-hydrogen) atoms. The monoisotopic (exact) mass is 295 g/mol. The van der Waals surface area contributed by atoms with Crippen molar-refractivity contribution in [3.63, 3.8) is 0 Å². The van der Waals surface area contributed by atoms with E-state index in [0.29, 0.717) is 12.8 Å². The molecule has 1 N–H and O–H groups in total. The van der Waals surface area contributed by atoms with E-state index in [2.05, 4.69) is 19.9 Å². The van der Waals surface area contributed by atoms with Crippen molar-refractivity contribution in [1.29, 1.82) is 5.26 Å². The fourth-order valence-electron chi connectivity index (χ4n) is 2.84. The summed E-state index contributed by atoms with van der Waals surface area (Å²) >= 11 is 5.73. The van der Waals surface area contributed by atoms with Crippen LogP contribution in [0.1, 0.15) is 51.2 Å². The summed E-state index contributed by atoms with van der Waals surface area (Å²) in [5.41, 5.74) is -0.557. The second-order valence-electron chi connectivity index (χ2n) is 6.50. The third-order valence-corrected chi connectivity index (χ3v) is 4.73. The van der Waals surface area contributed by atoms with Crippen LogP contribution in [0.25, 0.3) is 0 Å². The van der Waals surface area contributed by atoms with E-state index in [4.69, 9.17) is 11.6 Å². The minimum Gasteiger partial charge on any atom is -0.387 e. The summed E-state index contributed by atoms with van der Waals surface area (Å²) in [6, 6.07) is 6.44. The average Bonchev–Trinajstić information content (AvgIpc) is 2.39. The molecule has 1 unspecified atom stereocenters. The molecule has 0 saturated heterocycles. The van der Waals surface area contributed by atoms with E-state index < -0.39 is 17.3 Å². The molecule has 1 saturated carbocycles. The Bertz CT molecular complexity index is 540. The van der Waals surface area contributed by atoms with Crippen LogP contribution in [0.15, 0.2) is 18.2 Å². The largest absolute Gasteiger partial charge is 0.387 e. The van der Waals surface area contributed by atoms with E-state index in [-0.39, 0.29) is 16.0 Å². The molecule has 1 aliphatic rings. The standard InChI is InChI=1S/C16H19ClFNO/c1-15(2)5-7-16(10-19,8-6-15)14(20)12-4-3-11(17)9-13(12)18/h3-4,9,14,20H,5-8H2,1-2H3. The summed E-state index contributed by atoms with van der Waals surface area (Å²) in [5, 5.41) is 20.3. The van der Waals surface area contributed by atoms with Crippen molar-refractivity contribution in [1.82, 2.24) is 0 Å². The molecule has 0 aromatic heterocycles. The molecule has 0 aliphatic heterocycles. The first-order chi connectivity index (χ1) is 9.30. The molecule has 2 nitrogen and oxygen atoms in total. The highest BCUT2D eigenvalue weighted by atomic mass is 35.5. The Kier molecular flexibility index (Phi) is 4.09. The van der Waals surface area contributed by atoms with Crippen molar-refractivity contribution < 1.29 is 9.50 Å². The van der Waals surface area contributed by atoms with Gasteiger partial charge < -0.3 is 5.11 Å². The zero-order chi connectivity index (χ0) is 15.0. The van der Waals surface area contributed by atoms with Crippen LogP contribution in [-0.2, 0) is 0 Å². The van der Waals surface area contributed by atoms with E-state index in [0.717, 1.165) is 12.8 Å². The highest BCUT2D eigenvalue weighted by molar-refractivity contribution is 6.30. The zero-order valence-electron chi connectivity index (χ0n) is 11.8. The smallest absolute Gasteiger partial charge is 0.130 e. The number of nitrogens with zero attached hydrogens (tertiary/aromatic N) is 1. The minimum atomic E-state index is -1.11. The molecule has 0 radical (unpaired) electrons. The van der Waals surface area contributed by atoms with Crippen LogP contribution in [0.3, 0.4) is 0 Å². The number of hydrogen-bond acceptors (Lipinski definition) is 2. The molecule has 2 rings (SSSR count). The lowest BCUT2D eigenvalue weighted by Crippen LogP contribution is -2.35. The van der Waals surface area contributed by atoms with Gasteiger partial charge in [0.15, 0.2) is 0 Å². The first-order valence-corrected chi connectivity index (χ1v) is 7.22. The number of benzene rings is 1. The summed E-state index contributed by atoms with van der Waals surface area (Å²) in [6.45, 7) is 4.31. The molecule has 1 atom stereocenters. The summed E-state index contributed by atoms with van der Waals surface area (Å²) in [7, 11) is 0. The Morgan fingerprint density at radius 1 is 1.30 bits per heavy atom. The molecular weight excluding hydrogens is 277 g/mol. The molecule has 0 heterocycles. The van der Waals surface area contributed by atoms with E-state index in [9.17, 15) is 14.8 Å². The fourth-order valence-corrected chi connectivity index (χ4v) is 3.00. The third kappa shape index (κ3) is 2.82. The highest BCUT2D eigenvalue weighted by Gasteiger charge is 2.45. The number of aliphatic hydroxyl groups is 1. The third-order valence-electron chi connectivity index (χ3n) is 4.50. The normalized spacial score (nSPS) is 22.0. The quantitative estimate of drug-likeness (QED) is 0.865. The Morgan fingerprint density at radius 2 is 1.90 bits per heavy atom. The van der Waals surface area contributed by atoms with E-state index in [1.807, 2.05) is 0 Å². The van der Waals surface area contributed by atoms with Crippen molar-refractivity contribution in [3.05, 3.63) is 34.6 Å². The van der Waals surface area contributed by atoms with Gasteiger partial charge in [-0.3, -0.25) is 0 Å². The molecule has 1 aromatic rings. The van der Waals surface area contributed by atoms with Crippen LogP contribution in [0.5, 0.6) is 0 Å². The van der Waals surface area contributed by atoms with Crippen LogP contribution in [0, 0.1) is 28.0 Å². The number of hydrogen-bond donors (Lipinski definition) is 1. The van der Waals surface area contributed by atoms with Gasteiger partial charge in [0.05, 0.1) is 11.5 Å².